The standard InChI is InChI=1S/C21H29ClF3N3O3/c1-2-11-31-16-5-3-15(4-6-16)27-9-7-14(8-10-27)26-19-13-18(22)17(21(23,24)25)12-20(19)28(29)30/h12-16,26H,2-11H2,1H3/t15-,16-. The predicted molar refractivity (Wildman–Crippen MR) is 114 cm³/mol. The van der Waals surface area contributed by atoms with E-state index in [-0.39, 0.29) is 11.7 Å². The van der Waals surface area contributed by atoms with Crippen LogP contribution in [0.5, 0.6) is 0 Å². The molecule has 1 heterocycles. The van der Waals surface area contributed by atoms with Crippen molar-refractivity contribution in [1.29, 1.82) is 0 Å². The summed E-state index contributed by atoms with van der Waals surface area (Å²) in [5.41, 5.74) is -1.76. The molecule has 0 bridgehead atoms. The molecule has 1 N–H and O–H groups in total. The lowest BCUT2D eigenvalue weighted by molar-refractivity contribution is -0.384. The minimum absolute atomic E-state index is 0.0371. The zero-order chi connectivity index (χ0) is 22.6. The van der Waals surface area contributed by atoms with Gasteiger partial charge in [-0.2, -0.15) is 13.2 Å². The van der Waals surface area contributed by atoms with Crippen LogP contribution in [0.1, 0.15) is 57.4 Å². The number of halogens is 4. The molecule has 0 atom stereocenters. The average molecular weight is 464 g/mol. The number of piperidine rings is 1. The van der Waals surface area contributed by atoms with Crippen LogP contribution in [0.25, 0.3) is 0 Å². The third-order valence-corrected chi connectivity index (χ3v) is 6.51. The fraction of sp³-hybridized carbons (Fsp3) is 0.714. The van der Waals surface area contributed by atoms with E-state index in [0.29, 0.717) is 18.2 Å². The maximum absolute atomic E-state index is 13.0. The largest absolute Gasteiger partial charge is 0.418 e. The van der Waals surface area contributed by atoms with Crippen molar-refractivity contribution in [3.63, 3.8) is 0 Å². The number of likely N-dealkylation sites (tertiary alicyclic amines) is 1. The number of hydrogen-bond donors (Lipinski definition) is 1. The lowest BCUT2D eigenvalue weighted by Gasteiger charge is -2.41. The van der Waals surface area contributed by atoms with Gasteiger partial charge in [-0.05, 0) is 51.0 Å². The van der Waals surface area contributed by atoms with E-state index in [0.717, 1.165) is 70.7 Å². The molecule has 1 aliphatic carbocycles. The Bertz CT molecular complexity index is 762. The molecule has 0 spiro atoms. The second-order valence-corrected chi connectivity index (χ2v) is 8.77. The van der Waals surface area contributed by atoms with Gasteiger partial charge in [0.15, 0.2) is 0 Å². The summed E-state index contributed by atoms with van der Waals surface area (Å²) in [6.45, 7) is 4.62. The van der Waals surface area contributed by atoms with Crippen molar-refractivity contribution in [3.8, 4) is 0 Å². The summed E-state index contributed by atoms with van der Waals surface area (Å²) < 4.78 is 45.0. The number of anilines is 1. The Morgan fingerprint density at radius 3 is 2.39 bits per heavy atom. The second kappa shape index (κ2) is 10.4. The fourth-order valence-corrected chi connectivity index (χ4v) is 4.81. The number of ether oxygens (including phenoxy) is 1. The topological polar surface area (TPSA) is 67.6 Å². The van der Waals surface area contributed by atoms with Crippen LogP contribution in [0.2, 0.25) is 5.02 Å². The molecule has 10 heteroatoms. The van der Waals surface area contributed by atoms with Crippen LogP contribution >= 0.6 is 11.6 Å². The summed E-state index contributed by atoms with van der Waals surface area (Å²) >= 11 is 5.78. The number of hydrogen-bond acceptors (Lipinski definition) is 5. The number of benzene rings is 1. The molecule has 1 aromatic rings. The molecule has 1 saturated carbocycles. The highest BCUT2D eigenvalue weighted by Gasteiger charge is 2.37. The highest BCUT2D eigenvalue weighted by molar-refractivity contribution is 6.31. The normalized spacial score (nSPS) is 23.6. The van der Waals surface area contributed by atoms with Gasteiger partial charge in [0.2, 0.25) is 0 Å². The molecule has 6 nitrogen and oxygen atoms in total. The van der Waals surface area contributed by atoms with Gasteiger partial charge in [0.05, 0.1) is 21.6 Å². The van der Waals surface area contributed by atoms with E-state index >= 15 is 0 Å². The van der Waals surface area contributed by atoms with E-state index < -0.39 is 27.4 Å². The maximum atomic E-state index is 13.0. The predicted octanol–water partition coefficient (Wildman–Crippen LogP) is 5.88. The first-order valence-electron chi connectivity index (χ1n) is 10.9. The summed E-state index contributed by atoms with van der Waals surface area (Å²) in [7, 11) is 0. The molecule has 1 aromatic carbocycles. The molecule has 31 heavy (non-hydrogen) atoms. The molecular formula is C21H29ClF3N3O3. The Balaban J connectivity index is 1.56. The van der Waals surface area contributed by atoms with Gasteiger partial charge >= 0.3 is 6.18 Å². The zero-order valence-electron chi connectivity index (χ0n) is 17.6. The van der Waals surface area contributed by atoms with Crippen LogP contribution in [0.15, 0.2) is 12.1 Å². The average Bonchev–Trinajstić information content (AvgIpc) is 2.72. The first-order chi connectivity index (χ1) is 14.7. The van der Waals surface area contributed by atoms with Crippen molar-refractivity contribution in [3.05, 3.63) is 32.8 Å². The van der Waals surface area contributed by atoms with Crippen molar-refractivity contribution < 1.29 is 22.8 Å². The van der Waals surface area contributed by atoms with Gasteiger partial charge in [0.25, 0.3) is 5.69 Å². The van der Waals surface area contributed by atoms with Crippen LogP contribution in [0.4, 0.5) is 24.5 Å². The minimum atomic E-state index is -4.74. The Morgan fingerprint density at radius 1 is 1.19 bits per heavy atom. The van der Waals surface area contributed by atoms with Crippen LogP contribution in [-0.2, 0) is 10.9 Å². The van der Waals surface area contributed by atoms with E-state index in [1.807, 2.05) is 0 Å². The highest BCUT2D eigenvalue weighted by Crippen LogP contribution is 2.41. The first kappa shape index (κ1) is 24.1. The number of nitro groups is 1. The zero-order valence-corrected chi connectivity index (χ0v) is 18.3. The van der Waals surface area contributed by atoms with Crippen LogP contribution in [0, 0.1) is 10.1 Å². The van der Waals surface area contributed by atoms with Crippen molar-refractivity contribution in [2.75, 3.05) is 25.0 Å². The van der Waals surface area contributed by atoms with Crippen LogP contribution in [-0.4, -0.2) is 47.7 Å². The van der Waals surface area contributed by atoms with E-state index in [9.17, 15) is 23.3 Å². The third-order valence-electron chi connectivity index (χ3n) is 6.19. The molecule has 0 amide bonds. The van der Waals surface area contributed by atoms with Gasteiger partial charge in [0, 0.05) is 37.8 Å². The van der Waals surface area contributed by atoms with E-state index in [4.69, 9.17) is 16.3 Å². The Labute approximate surface area is 185 Å². The number of rotatable bonds is 7. The SMILES string of the molecule is CCCO[C@H]1CC[C@H](N2CCC(Nc3cc(Cl)c(C(F)(F)F)cc3[N+](=O)[O-])CC2)CC1. The van der Waals surface area contributed by atoms with Gasteiger partial charge in [-0.25, -0.2) is 0 Å². The van der Waals surface area contributed by atoms with Gasteiger partial charge in [0.1, 0.15) is 5.69 Å². The summed E-state index contributed by atoms with van der Waals surface area (Å²) in [6, 6.07) is 2.01. The van der Waals surface area contributed by atoms with Gasteiger partial charge < -0.3 is 15.0 Å². The molecule has 2 fully saturated rings. The van der Waals surface area contributed by atoms with Crippen molar-refractivity contribution in [2.24, 2.45) is 0 Å². The highest BCUT2D eigenvalue weighted by atomic mass is 35.5. The Kier molecular flexibility index (Phi) is 8.04. The van der Waals surface area contributed by atoms with Crippen molar-refractivity contribution >= 4 is 23.0 Å². The van der Waals surface area contributed by atoms with Crippen molar-refractivity contribution in [1.82, 2.24) is 4.90 Å². The first-order valence-corrected chi connectivity index (χ1v) is 11.2. The molecule has 2 aliphatic rings. The van der Waals surface area contributed by atoms with E-state index in [2.05, 4.69) is 17.1 Å². The van der Waals surface area contributed by atoms with Crippen LogP contribution < -0.4 is 5.32 Å². The lowest BCUT2D eigenvalue weighted by Crippen LogP contribution is -2.46. The summed E-state index contributed by atoms with van der Waals surface area (Å²) in [5.74, 6) is 0. The summed E-state index contributed by atoms with van der Waals surface area (Å²) in [4.78, 5) is 13.0. The molecular weight excluding hydrogens is 435 g/mol. The number of nitrogens with one attached hydrogen (secondary N) is 1. The van der Waals surface area contributed by atoms with Gasteiger partial charge in [-0.1, -0.05) is 18.5 Å². The number of alkyl halides is 3. The molecule has 1 aliphatic heterocycles. The van der Waals surface area contributed by atoms with Crippen molar-refractivity contribution in [2.45, 2.75) is 76.2 Å². The Morgan fingerprint density at radius 2 is 1.84 bits per heavy atom. The van der Waals surface area contributed by atoms with E-state index in [1.165, 1.54) is 0 Å². The molecule has 0 aromatic heterocycles. The number of nitro benzene ring substituents is 1. The van der Waals surface area contributed by atoms with Gasteiger partial charge in [-0.15, -0.1) is 0 Å². The molecule has 174 valence electrons. The quantitative estimate of drug-likeness (QED) is 0.404. The molecule has 1 saturated heterocycles. The summed E-state index contributed by atoms with van der Waals surface area (Å²) in [6.07, 6.45) is 2.52. The number of nitrogens with zero attached hydrogens (tertiary/aromatic N) is 2. The van der Waals surface area contributed by atoms with Crippen LogP contribution in [0.3, 0.4) is 0 Å². The third kappa shape index (κ3) is 6.23. The van der Waals surface area contributed by atoms with Gasteiger partial charge in [-0.3, -0.25) is 10.1 Å². The monoisotopic (exact) mass is 463 g/mol. The Hall–Kier alpha value is -1.58. The molecule has 0 radical (unpaired) electrons. The molecule has 0 unspecified atom stereocenters. The lowest BCUT2D eigenvalue weighted by atomic mass is 9.90. The summed E-state index contributed by atoms with van der Waals surface area (Å²) in [5, 5.41) is 13.9. The molecule has 3 rings (SSSR count). The minimum Gasteiger partial charge on any atom is -0.378 e. The second-order valence-electron chi connectivity index (χ2n) is 8.36. The maximum Gasteiger partial charge on any atom is 0.418 e. The van der Waals surface area contributed by atoms with E-state index in [1.54, 1.807) is 0 Å². The fourth-order valence-electron chi connectivity index (χ4n) is 4.54. The smallest absolute Gasteiger partial charge is 0.378 e.